The molecule has 1 aliphatic rings. The first-order valence-corrected chi connectivity index (χ1v) is 6.18. The maximum Gasteiger partial charge on any atom is 0.302 e. The molecule has 1 N–H and O–H groups in total. The van der Waals surface area contributed by atoms with E-state index in [0.29, 0.717) is 24.3 Å². The van der Waals surface area contributed by atoms with Crippen molar-refractivity contribution in [2.24, 2.45) is 0 Å². The van der Waals surface area contributed by atoms with E-state index in [-0.39, 0.29) is 28.2 Å². The summed E-state index contributed by atoms with van der Waals surface area (Å²) in [5.41, 5.74) is 0.722. The Bertz CT molecular complexity index is 730. The Morgan fingerprint density at radius 2 is 2.33 bits per heavy atom. The van der Waals surface area contributed by atoms with Crippen molar-refractivity contribution < 1.29 is 19.1 Å². The summed E-state index contributed by atoms with van der Waals surface area (Å²) in [6.45, 7) is 1.01. The van der Waals surface area contributed by atoms with Gasteiger partial charge >= 0.3 is 5.69 Å². The van der Waals surface area contributed by atoms with Crippen molar-refractivity contribution in [3.05, 3.63) is 40.7 Å². The molecule has 106 valence electrons. The Morgan fingerprint density at radius 1 is 1.52 bits per heavy atom. The van der Waals surface area contributed by atoms with E-state index < -0.39 is 0 Å². The second-order valence-corrected chi connectivity index (χ2v) is 4.53. The summed E-state index contributed by atoms with van der Waals surface area (Å²) in [7, 11) is 0. The monoisotopic (exact) mass is 286 g/mol. The highest BCUT2D eigenvalue weighted by Gasteiger charge is 2.23. The van der Waals surface area contributed by atoms with Crippen molar-refractivity contribution >= 4 is 5.91 Å². The average molecular weight is 286 g/mol. The molecule has 1 amide bonds. The highest BCUT2D eigenvalue weighted by molar-refractivity contribution is 5.95. The van der Waals surface area contributed by atoms with Gasteiger partial charge in [-0.15, -0.1) is 0 Å². The molecule has 0 radical (unpaired) electrons. The highest BCUT2D eigenvalue weighted by Crippen LogP contribution is 2.20. The summed E-state index contributed by atoms with van der Waals surface area (Å²) in [6.07, 6.45) is 0. The van der Waals surface area contributed by atoms with E-state index in [1.807, 2.05) is 0 Å². The summed E-state index contributed by atoms with van der Waals surface area (Å²) in [4.78, 5) is 12.1. The third kappa shape index (κ3) is 2.42. The van der Waals surface area contributed by atoms with Crippen LogP contribution in [0, 0.1) is 16.5 Å². The average Bonchev–Trinajstić information content (AvgIpc) is 2.83. The molecule has 21 heavy (non-hydrogen) atoms. The first-order chi connectivity index (χ1) is 10.2. The number of hydrogen-bond donors (Lipinski definition) is 1. The Balaban J connectivity index is 1.89. The minimum Gasteiger partial charge on any atom is -0.377 e. The van der Waals surface area contributed by atoms with E-state index in [0.717, 1.165) is 0 Å². The van der Waals surface area contributed by atoms with Crippen molar-refractivity contribution in [2.45, 2.75) is 6.04 Å². The van der Waals surface area contributed by atoms with Crippen LogP contribution in [0.2, 0.25) is 0 Å². The van der Waals surface area contributed by atoms with Gasteiger partial charge in [0.25, 0.3) is 11.6 Å². The zero-order valence-electron chi connectivity index (χ0n) is 10.8. The quantitative estimate of drug-likeness (QED) is 0.792. The molecule has 1 aliphatic heterocycles. The Hall–Kier alpha value is -2.92. The molecular formula is C13H10N4O4. The molecule has 8 heteroatoms. The molecule has 2 heterocycles. The SMILES string of the molecule is N#Cc1c(-c2cccc(C(=O)NC3COC3)c2)no[n+]1[O-]. The Morgan fingerprint density at radius 3 is 3.00 bits per heavy atom. The van der Waals surface area contributed by atoms with Crippen LogP contribution in [0.4, 0.5) is 0 Å². The first kappa shape index (κ1) is 13.1. The van der Waals surface area contributed by atoms with E-state index in [1.165, 1.54) is 0 Å². The van der Waals surface area contributed by atoms with Crippen LogP contribution in [0.25, 0.3) is 11.3 Å². The van der Waals surface area contributed by atoms with Crippen molar-refractivity contribution in [1.82, 2.24) is 10.5 Å². The number of amides is 1. The number of benzene rings is 1. The van der Waals surface area contributed by atoms with Gasteiger partial charge in [-0.3, -0.25) is 9.42 Å². The van der Waals surface area contributed by atoms with Crippen LogP contribution in [0.5, 0.6) is 0 Å². The van der Waals surface area contributed by atoms with Crippen molar-refractivity contribution in [1.29, 1.82) is 5.26 Å². The van der Waals surface area contributed by atoms with Gasteiger partial charge in [-0.2, -0.15) is 5.26 Å². The molecule has 1 aromatic heterocycles. The van der Waals surface area contributed by atoms with Crippen LogP contribution < -0.4 is 10.2 Å². The van der Waals surface area contributed by atoms with Gasteiger partial charge in [-0.05, 0) is 17.0 Å². The van der Waals surface area contributed by atoms with Gasteiger partial charge in [0.15, 0.2) is 6.07 Å². The lowest BCUT2D eigenvalue weighted by Crippen LogP contribution is -2.48. The molecule has 0 atom stereocenters. The van der Waals surface area contributed by atoms with E-state index in [4.69, 9.17) is 10.00 Å². The maximum atomic E-state index is 12.0. The minimum atomic E-state index is -0.250. The summed E-state index contributed by atoms with van der Waals surface area (Å²) in [5, 5.41) is 26.5. The molecule has 0 saturated carbocycles. The molecule has 2 aromatic rings. The number of nitriles is 1. The molecule has 1 aromatic carbocycles. The first-order valence-electron chi connectivity index (χ1n) is 6.18. The number of nitrogens with zero attached hydrogens (tertiary/aromatic N) is 3. The summed E-state index contributed by atoms with van der Waals surface area (Å²) >= 11 is 0. The lowest BCUT2D eigenvalue weighted by atomic mass is 10.1. The maximum absolute atomic E-state index is 12.0. The number of nitrogens with one attached hydrogen (secondary N) is 1. The van der Waals surface area contributed by atoms with Crippen LogP contribution in [-0.4, -0.2) is 30.3 Å². The summed E-state index contributed by atoms with van der Waals surface area (Å²) in [5.74, 6) is -0.248. The van der Waals surface area contributed by atoms with Crippen molar-refractivity contribution in [2.75, 3.05) is 13.2 Å². The topological polar surface area (TPSA) is 115 Å². The fourth-order valence-electron chi connectivity index (χ4n) is 1.93. The third-order valence-corrected chi connectivity index (χ3v) is 3.09. The van der Waals surface area contributed by atoms with Crippen LogP contribution in [-0.2, 0) is 4.74 Å². The van der Waals surface area contributed by atoms with Gasteiger partial charge in [0, 0.05) is 16.3 Å². The van der Waals surface area contributed by atoms with Gasteiger partial charge in [0.05, 0.1) is 19.3 Å². The van der Waals surface area contributed by atoms with Gasteiger partial charge in [-0.25, -0.2) is 0 Å². The lowest BCUT2D eigenvalue weighted by molar-refractivity contribution is -0.804. The molecule has 0 bridgehead atoms. The van der Waals surface area contributed by atoms with Gasteiger partial charge in [0.2, 0.25) is 0 Å². The predicted octanol–water partition coefficient (Wildman–Crippen LogP) is -0.0247. The largest absolute Gasteiger partial charge is 0.377 e. The number of ether oxygens (including phenoxy) is 1. The van der Waals surface area contributed by atoms with Gasteiger partial charge in [0.1, 0.15) is 0 Å². The standard InChI is InChI=1S/C13H10N4O4/c14-5-11-12(16-21-17(11)19)8-2-1-3-9(4-8)13(18)15-10-6-20-7-10/h1-4,10H,6-7H2,(H,15,18). The van der Waals surface area contributed by atoms with Crippen LogP contribution in [0.1, 0.15) is 16.1 Å². The highest BCUT2D eigenvalue weighted by atomic mass is 16.8. The van der Waals surface area contributed by atoms with Gasteiger partial charge < -0.3 is 15.3 Å². The zero-order valence-corrected chi connectivity index (χ0v) is 10.8. The Kier molecular flexibility index (Phi) is 3.25. The molecule has 0 spiro atoms. The van der Waals surface area contributed by atoms with Crippen molar-refractivity contribution in [3.8, 4) is 17.3 Å². The third-order valence-electron chi connectivity index (χ3n) is 3.09. The predicted molar refractivity (Wildman–Crippen MR) is 67.7 cm³/mol. The fraction of sp³-hybridized carbons (Fsp3) is 0.231. The second-order valence-electron chi connectivity index (χ2n) is 4.53. The van der Waals surface area contributed by atoms with Gasteiger partial charge in [-0.1, -0.05) is 12.1 Å². The normalized spacial score (nSPS) is 14.2. The molecular weight excluding hydrogens is 276 g/mol. The second kappa shape index (κ2) is 5.22. The molecule has 3 rings (SSSR count). The van der Waals surface area contributed by atoms with Crippen LogP contribution in [0.3, 0.4) is 0 Å². The number of aromatic nitrogens is 2. The zero-order chi connectivity index (χ0) is 14.8. The minimum absolute atomic E-state index is 0.0201. The lowest BCUT2D eigenvalue weighted by Gasteiger charge is -2.26. The van der Waals surface area contributed by atoms with E-state index in [1.54, 1.807) is 30.3 Å². The molecule has 0 unspecified atom stereocenters. The fourth-order valence-corrected chi connectivity index (χ4v) is 1.93. The molecule has 1 saturated heterocycles. The summed E-state index contributed by atoms with van der Waals surface area (Å²) in [6, 6.07) is 8.21. The number of carbonyl (C=O) groups excluding carboxylic acids is 1. The molecule has 1 fully saturated rings. The van der Waals surface area contributed by atoms with Crippen LogP contribution >= 0.6 is 0 Å². The van der Waals surface area contributed by atoms with Crippen molar-refractivity contribution in [3.63, 3.8) is 0 Å². The number of hydrogen-bond acceptors (Lipinski definition) is 6. The Labute approximate surface area is 119 Å². The number of rotatable bonds is 3. The molecule has 0 aliphatic carbocycles. The summed E-state index contributed by atoms with van der Waals surface area (Å²) < 4.78 is 9.39. The number of carbonyl (C=O) groups is 1. The van der Waals surface area contributed by atoms with Crippen LogP contribution in [0.15, 0.2) is 28.9 Å². The van der Waals surface area contributed by atoms with E-state index in [9.17, 15) is 10.0 Å². The van der Waals surface area contributed by atoms with E-state index >= 15 is 0 Å². The smallest absolute Gasteiger partial charge is 0.302 e. The molecule has 8 nitrogen and oxygen atoms in total. The van der Waals surface area contributed by atoms with E-state index in [2.05, 4.69) is 15.1 Å².